The first kappa shape index (κ1) is 16.5. The van der Waals surface area contributed by atoms with Crippen molar-refractivity contribution in [2.75, 3.05) is 26.9 Å². The van der Waals surface area contributed by atoms with E-state index >= 15 is 0 Å². The van der Waals surface area contributed by atoms with Gasteiger partial charge in [0.15, 0.2) is 0 Å². The van der Waals surface area contributed by atoms with Crippen molar-refractivity contribution in [1.82, 2.24) is 4.90 Å². The van der Waals surface area contributed by atoms with Crippen LogP contribution in [0.15, 0.2) is 10.8 Å². The molecule has 0 radical (unpaired) electrons. The maximum atomic E-state index is 11.8. The highest BCUT2D eigenvalue weighted by atomic mass is 35.5. The second kappa shape index (κ2) is 7.04. The predicted molar refractivity (Wildman–Crippen MR) is 68.1 cm³/mol. The Kier molecular flexibility index (Phi) is 6.83. The van der Waals surface area contributed by atoms with Crippen LogP contribution in [0.2, 0.25) is 0 Å². The van der Waals surface area contributed by atoms with E-state index in [2.05, 4.69) is 4.52 Å². The monoisotopic (exact) mass is 283 g/mol. The number of hydrogen-bond acceptors (Lipinski definition) is 4. The number of carbonyl (C=O) groups excluding carboxylic acids is 1. The van der Waals surface area contributed by atoms with Crippen LogP contribution >= 0.6 is 19.2 Å². The van der Waals surface area contributed by atoms with Gasteiger partial charge in [-0.15, -0.1) is 0 Å². The summed E-state index contributed by atoms with van der Waals surface area (Å²) in [6, 6.07) is 0. The van der Waals surface area contributed by atoms with Crippen LogP contribution in [0.25, 0.3) is 0 Å². The van der Waals surface area contributed by atoms with Crippen molar-refractivity contribution in [1.29, 1.82) is 0 Å². The molecular formula is C10H19ClNO4P. The highest BCUT2D eigenvalue weighted by Gasteiger charge is 2.22. The van der Waals surface area contributed by atoms with E-state index in [1.165, 1.54) is 20.7 Å². The van der Waals surface area contributed by atoms with Crippen molar-refractivity contribution in [3.8, 4) is 0 Å². The third-order valence-corrected chi connectivity index (χ3v) is 3.88. The van der Waals surface area contributed by atoms with E-state index < -0.39 is 7.60 Å². The summed E-state index contributed by atoms with van der Waals surface area (Å²) in [5.74, 6) is -0.235. The lowest BCUT2D eigenvalue weighted by Gasteiger charge is -2.20. The van der Waals surface area contributed by atoms with Gasteiger partial charge in [0, 0.05) is 26.9 Å². The molecule has 0 saturated carbocycles. The molecule has 0 aromatic heterocycles. The van der Waals surface area contributed by atoms with Crippen molar-refractivity contribution >= 4 is 25.1 Å². The molecule has 1 amide bonds. The predicted octanol–water partition coefficient (Wildman–Crippen LogP) is 2.81. The maximum Gasteiger partial charge on any atom is 0.375 e. The fraction of sp³-hybridized carbons (Fsp3) is 0.700. The summed E-state index contributed by atoms with van der Waals surface area (Å²) in [4.78, 5) is 13.4. The average Bonchev–Trinajstić information content (AvgIpc) is 2.28. The molecule has 0 heterocycles. The molecule has 0 aromatic rings. The molecule has 0 aliphatic carbocycles. The molecule has 0 aliphatic rings. The largest absolute Gasteiger partial charge is 0.428 e. The van der Waals surface area contributed by atoms with Gasteiger partial charge in [0.1, 0.15) is 10.8 Å². The number of halogens is 1. The third-order valence-electron chi connectivity index (χ3n) is 2.18. The summed E-state index contributed by atoms with van der Waals surface area (Å²) in [6.07, 6.45) is 0. The Labute approximate surface area is 107 Å². The SMILES string of the molecule is CCN(CC)C(=O)C(Cl)=C(C)OP(C)(=O)OC. The van der Waals surface area contributed by atoms with Gasteiger partial charge in [0.2, 0.25) is 0 Å². The van der Waals surface area contributed by atoms with Gasteiger partial charge in [-0.3, -0.25) is 4.79 Å². The minimum Gasteiger partial charge on any atom is -0.428 e. The second-order valence-electron chi connectivity index (χ2n) is 3.39. The van der Waals surface area contributed by atoms with Crippen molar-refractivity contribution in [2.45, 2.75) is 20.8 Å². The zero-order valence-corrected chi connectivity index (χ0v) is 12.5. The Bertz CT molecular complexity index is 352. The van der Waals surface area contributed by atoms with Crippen molar-refractivity contribution < 1.29 is 18.4 Å². The molecule has 1 atom stereocenters. The molecule has 1 unspecified atom stereocenters. The summed E-state index contributed by atoms with van der Waals surface area (Å²) in [7, 11) is -1.91. The summed E-state index contributed by atoms with van der Waals surface area (Å²) in [6.45, 7) is 7.59. The fourth-order valence-electron chi connectivity index (χ4n) is 1.13. The summed E-state index contributed by atoms with van der Waals surface area (Å²) in [5, 5.41) is -0.0761. The molecule has 0 N–H and O–H groups in total. The first-order valence-electron chi connectivity index (χ1n) is 5.27. The lowest BCUT2D eigenvalue weighted by molar-refractivity contribution is -0.126. The molecule has 5 nitrogen and oxygen atoms in total. The lowest BCUT2D eigenvalue weighted by Crippen LogP contribution is -2.31. The molecular weight excluding hydrogens is 265 g/mol. The van der Waals surface area contributed by atoms with E-state index in [1.54, 1.807) is 4.90 Å². The maximum absolute atomic E-state index is 11.8. The zero-order chi connectivity index (χ0) is 13.6. The van der Waals surface area contributed by atoms with Gasteiger partial charge < -0.3 is 13.9 Å². The topological polar surface area (TPSA) is 55.8 Å². The van der Waals surface area contributed by atoms with Gasteiger partial charge in [-0.05, 0) is 20.8 Å². The molecule has 0 spiro atoms. The van der Waals surface area contributed by atoms with E-state index in [-0.39, 0.29) is 16.7 Å². The fourth-order valence-corrected chi connectivity index (χ4v) is 2.00. The Hall–Kier alpha value is -0.510. The Morgan fingerprint density at radius 3 is 2.18 bits per heavy atom. The van der Waals surface area contributed by atoms with Gasteiger partial charge >= 0.3 is 7.60 Å². The normalized spacial score (nSPS) is 15.9. The van der Waals surface area contributed by atoms with Crippen LogP contribution in [0.4, 0.5) is 0 Å². The van der Waals surface area contributed by atoms with E-state index in [4.69, 9.17) is 16.1 Å². The lowest BCUT2D eigenvalue weighted by atomic mass is 10.4. The molecule has 7 heteroatoms. The highest BCUT2D eigenvalue weighted by molar-refractivity contribution is 7.53. The quantitative estimate of drug-likeness (QED) is 0.427. The number of hydrogen-bond donors (Lipinski definition) is 0. The number of carbonyl (C=O) groups is 1. The van der Waals surface area contributed by atoms with Crippen LogP contribution in [0.3, 0.4) is 0 Å². The molecule has 100 valence electrons. The van der Waals surface area contributed by atoms with E-state index in [9.17, 15) is 9.36 Å². The van der Waals surface area contributed by atoms with Gasteiger partial charge in [-0.2, -0.15) is 0 Å². The van der Waals surface area contributed by atoms with Crippen LogP contribution in [-0.4, -0.2) is 37.7 Å². The number of nitrogens with zero attached hydrogens (tertiary/aromatic N) is 1. The van der Waals surface area contributed by atoms with Crippen molar-refractivity contribution in [3.05, 3.63) is 10.8 Å². The van der Waals surface area contributed by atoms with E-state index in [0.29, 0.717) is 13.1 Å². The molecule has 0 bridgehead atoms. The third kappa shape index (κ3) is 5.11. The van der Waals surface area contributed by atoms with Crippen LogP contribution in [0.5, 0.6) is 0 Å². The molecule has 0 rings (SSSR count). The summed E-state index contributed by atoms with van der Waals surface area (Å²) >= 11 is 5.88. The first-order valence-corrected chi connectivity index (χ1v) is 7.64. The molecule has 17 heavy (non-hydrogen) atoms. The van der Waals surface area contributed by atoms with Gasteiger partial charge in [-0.25, -0.2) is 4.57 Å². The number of rotatable bonds is 6. The van der Waals surface area contributed by atoms with Gasteiger partial charge in [0.05, 0.1) is 0 Å². The Morgan fingerprint density at radius 2 is 1.82 bits per heavy atom. The first-order chi connectivity index (χ1) is 7.79. The Morgan fingerprint density at radius 1 is 1.35 bits per heavy atom. The van der Waals surface area contributed by atoms with Crippen LogP contribution < -0.4 is 0 Å². The zero-order valence-electron chi connectivity index (χ0n) is 10.8. The molecule has 0 aliphatic heterocycles. The minimum atomic E-state index is -3.18. The molecule has 0 saturated heterocycles. The number of likely N-dealkylation sites (N-methyl/N-ethyl adjacent to an activating group) is 1. The Balaban J connectivity index is 4.92. The number of amides is 1. The van der Waals surface area contributed by atoms with Crippen LogP contribution in [-0.2, 0) is 18.4 Å². The van der Waals surface area contributed by atoms with Crippen LogP contribution in [0.1, 0.15) is 20.8 Å². The standard InChI is InChI=1S/C10H19ClNO4P/c1-6-12(7-2)10(13)9(11)8(3)16-17(5,14)15-4/h6-7H2,1-5H3. The van der Waals surface area contributed by atoms with Crippen molar-refractivity contribution in [2.24, 2.45) is 0 Å². The number of allylic oxidation sites excluding steroid dienone is 1. The van der Waals surface area contributed by atoms with Gasteiger partial charge in [0.25, 0.3) is 5.91 Å². The summed E-state index contributed by atoms with van der Waals surface area (Å²) < 4.78 is 21.3. The smallest absolute Gasteiger partial charge is 0.375 e. The van der Waals surface area contributed by atoms with E-state index in [1.807, 2.05) is 13.8 Å². The highest BCUT2D eigenvalue weighted by Crippen LogP contribution is 2.45. The second-order valence-corrected chi connectivity index (χ2v) is 5.86. The van der Waals surface area contributed by atoms with E-state index in [0.717, 1.165) is 0 Å². The van der Waals surface area contributed by atoms with Crippen LogP contribution in [0, 0.1) is 0 Å². The average molecular weight is 284 g/mol. The molecule has 0 fully saturated rings. The van der Waals surface area contributed by atoms with Crippen molar-refractivity contribution in [3.63, 3.8) is 0 Å². The minimum absolute atomic E-state index is 0.0761. The van der Waals surface area contributed by atoms with Gasteiger partial charge in [-0.1, -0.05) is 11.6 Å². The molecule has 0 aromatic carbocycles. The summed E-state index contributed by atoms with van der Waals surface area (Å²) in [5.41, 5.74) is 0.